The molecule has 0 fully saturated rings. The van der Waals surface area contributed by atoms with Gasteiger partial charge in [0.05, 0.1) is 5.69 Å². The monoisotopic (exact) mass is 412 g/mol. The number of amides is 1. The van der Waals surface area contributed by atoms with Crippen LogP contribution in [-0.2, 0) is 14.3 Å². The van der Waals surface area contributed by atoms with Crippen molar-refractivity contribution in [3.63, 3.8) is 0 Å². The van der Waals surface area contributed by atoms with Crippen molar-refractivity contribution < 1.29 is 23.8 Å². The summed E-state index contributed by atoms with van der Waals surface area (Å²) in [6.45, 7) is -0.0256. The Morgan fingerprint density at radius 3 is 2.65 bits per heavy atom. The number of esters is 1. The number of hydrogen-bond donors (Lipinski definition) is 1. The summed E-state index contributed by atoms with van der Waals surface area (Å²) in [7, 11) is 0. The van der Waals surface area contributed by atoms with E-state index in [1.165, 1.54) is 0 Å². The lowest BCUT2D eigenvalue weighted by Crippen LogP contribution is -2.25. The van der Waals surface area contributed by atoms with Gasteiger partial charge in [0.15, 0.2) is 12.3 Å². The summed E-state index contributed by atoms with van der Waals surface area (Å²) in [4.78, 5) is 28.2. The molecule has 0 atom stereocenters. The Balaban J connectivity index is 1.40. The summed E-state index contributed by atoms with van der Waals surface area (Å²) in [6, 6.07) is 21.8. The summed E-state index contributed by atoms with van der Waals surface area (Å²) in [6.07, 6.45) is 1.64. The van der Waals surface area contributed by atoms with E-state index in [1.54, 1.807) is 24.3 Å². The molecule has 5 rings (SSSR count). The highest BCUT2D eigenvalue weighted by atomic mass is 16.6. The molecule has 0 radical (unpaired) electrons. The molecule has 0 unspecified atom stereocenters. The molecule has 7 nitrogen and oxygen atoms in total. The number of nitrogens with zero attached hydrogens (tertiary/aromatic N) is 1. The SMILES string of the molecule is O=C1COc2ccc(C3=NC(=Cc4cccc(Oc5ccccc5)c4)C(=O)O3)cc2N1. The van der Waals surface area contributed by atoms with E-state index >= 15 is 0 Å². The lowest BCUT2D eigenvalue weighted by molar-refractivity contribution is -0.130. The van der Waals surface area contributed by atoms with Crippen LogP contribution in [0.4, 0.5) is 5.69 Å². The first-order valence-electron chi connectivity index (χ1n) is 9.57. The number of cyclic esters (lactones) is 1. The van der Waals surface area contributed by atoms with Gasteiger partial charge >= 0.3 is 5.97 Å². The van der Waals surface area contributed by atoms with E-state index in [4.69, 9.17) is 14.2 Å². The highest BCUT2D eigenvalue weighted by molar-refractivity contribution is 6.13. The van der Waals surface area contributed by atoms with E-state index in [1.807, 2.05) is 54.6 Å². The van der Waals surface area contributed by atoms with Gasteiger partial charge in [0.1, 0.15) is 17.2 Å². The number of nitrogens with one attached hydrogen (secondary N) is 1. The molecule has 0 saturated heterocycles. The number of carbonyl (C=O) groups excluding carboxylic acids is 2. The zero-order valence-electron chi connectivity index (χ0n) is 16.2. The second-order valence-corrected chi connectivity index (χ2v) is 6.87. The lowest BCUT2D eigenvalue weighted by Gasteiger charge is -2.18. The molecule has 0 aliphatic carbocycles. The van der Waals surface area contributed by atoms with E-state index in [0.29, 0.717) is 22.7 Å². The first kappa shape index (κ1) is 18.6. The summed E-state index contributed by atoms with van der Waals surface area (Å²) in [5.74, 6) is 1.28. The second-order valence-electron chi connectivity index (χ2n) is 6.87. The molecular weight excluding hydrogens is 396 g/mol. The molecule has 2 heterocycles. The number of aliphatic imine (C=N–C) groups is 1. The minimum atomic E-state index is -0.553. The van der Waals surface area contributed by atoms with Gasteiger partial charge in [-0.15, -0.1) is 0 Å². The molecule has 3 aromatic carbocycles. The molecule has 31 heavy (non-hydrogen) atoms. The van der Waals surface area contributed by atoms with Gasteiger partial charge in [-0.3, -0.25) is 4.79 Å². The van der Waals surface area contributed by atoms with Gasteiger partial charge in [0.25, 0.3) is 5.91 Å². The number of ether oxygens (including phenoxy) is 3. The molecule has 3 aromatic rings. The Bertz CT molecular complexity index is 1250. The highest BCUT2D eigenvalue weighted by Gasteiger charge is 2.26. The third-order valence-corrected chi connectivity index (χ3v) is 4.62. The van der Waals surface area contributed by atoms with Crippen LogP contribution in [0.15, 0.2) is 83.5 Å². The van der Waals surface area contributed by atoms with E-state index < -0.39 is 5.97 Å². The zero-order chi connectivity index (χ0) is 21.2. The Morgan fingerprint density at radius 2 is 1.77 bits per heavy atom. The number of rotatable bonds is 4. The molecule has 0 bridgehead atoms. The Kier molecular flexibility index (Phi) is 4.68. The molecular formula is C24H16N2O5. The van der Waals surface area contributed by atoms with Crippen LogP contribution in [0.1, 0.15) is 11.1 Å². The minimum Gasteiger partial charge on any atom is -0.482 e. The number of carbonyl (C=O) groups is 2. The number of benzene rings is 3. The van der Waals surface area contributed by atoms with E-state index in [2.05, 4.69) is 10.3 Å². The van der Waals surface area contributed by atoms with Crippen LogP contribution in [-0.4, -0.2) is 24.4 Å². The number of hydrogen-bond acceptors (Lipinski definition) is 6. The van der Waals surface area contributed by atoms with Crippen molar-refractivity contribution in [1.29, 1.82) is 0 Å². The molecule has 7 heteroatoms. The standard InChI is InChI=1S/C24H16N2O5/c27-22-14-29-21-10-9-16(13-19(21)25-22)23-26-20(24(28)31-23)12-15-5-4-8-18(11-15)30-17-6-2-1-3-7-17/h1-13H,14H2,(H,25,27). The third kappa shape index (κ3) is 4.02. The van der Waals surface area contributed by atoms with Crippen LogP contribution in [0.3, 0.4) is 0 Å². The van der Waals surface area contributed by atoms with Crippen LogP contribution >= 0.6 is 0 Å². The second kappa shape index (κ2) is 7.79. The molecule has 0 spiro atoms. The van der Waals surface area contributed by atoms with E-state index in [-0.39, 0.29) is 24.1 Å². The average molecular weight is 412 g/mol. The van der Waals surface area contributed by atoms with Crippen molar-refractivity contribution in [1.82, 2.24) is 0 Å². The van der Waals surface area contributed by atoms with E-state index in [0.717, 1.165) is 11.3 Å². The van der Waals surface area contributed by atoms with Crippen LogP contribution < -0.4 is 14.8 Å². The zero-order valence-corrected chi connectivity index (χ0v) is 16.2. The maximum absolute atomic E-state index is 12.3. The van der Waals surface area contributed by atoms with Crippen LogP contribution in [0.5, 0.6) is 17.2 Å². The van der Waals surface area contributed by atoms with Crippen LogP contribution in [0.2, 0.25) is 0 Å². The van der Waals surface area contributed by atoms with Crippen LogP contribution in [0.25, 0.3) is 6.08 Å². The van der Waals surface area contributed by atoms with Gasteiger partial charge in [-0.25, -0.2) is 9.79 Å². The summed E-state index contributed by atoms with van der Waals surface area (Å²) < 4.78 is 16.5. The van der Waals surface area contributed by atoms with Crippen molar-refractivity contribution >= 4 is 29.5 Å². The Morgan fingerprint density at radius 1 is 0.935 bits per heavy atom. The van der Waals surface area contributed by atoms with Gasteiger partial charge in [0.2, 0.25) is 5.90 Å². The Hall–Kier alpha value is -4.39. The fourth-order valence-corrected chi connectivity index (χ4v) is 3.20. The van der Waals surface area contributed by atoms with Gasteiger partial charge < -0.3 is 19.5 Å². The first-order valence-corrected chi connectivity index (χ1v) is 9.57. The third-order valence-electron chi connectivity index (χ3n) is 4.62. The fraction of sp³-hybridized carbons (Fsp3) is 0.0417. The predicted octanol–water partition coefficient (Wildman–Crippen LogP) is 4.15. The average Bonchev–Trinajstić information content (AvgIpc) is 3.14. The fourth-order valence-electron chi connectivity index (χ4n) is 3.20. The van der Waals surface area contributed by atoms with Gasteiger partial charge in [-0.1, -0.05) is 30.3 Å². The van der Waals surface area contributed by atoms with Gasteiger partial charge in [-0.05, 0) is 54.1 Å². The van der Waals surface area contributed by atoms with Crippen molar-refractivity contribution in [2.24, 2.45) is 4.99 Å². The molecule has 1 amide bonds. The molecule has 0 aromatic heterocycles. The van der Waals surface area contributed by atoms with Gasteiger partial charge in [-0.2, -0.15) is 0 Å². The minimum absolute atomic E-state index is 0.0256. The smallest absolute Gasteiger partial charge is 0.363 e. The predicted molar refractivity (Wildman–Crippen MR) is 114 cm³/mol. The molecule has 0 saturated carbocycles. The van der Waals surface area contributed by atoms with Crippen LogP contribution in [0, 0.1) is 0 Å². The number of anilines is 1. The molecule has 2 aliphatic heterocycles. The van der Waals surface area contributed by atoms with Crippen molar-refractivity contribution in [3.8, 4) is 17.2 Å². The quantitative estimate of drug-likeness (QED) is 0.514. The van der Waals surface area contributed by atoms with Gasteiger partial charge in [0, 0.05) is 5.56 Å². The van der Waals surface area contributed by atoms with Crippen molar-refractivity contribution in [3.05, 3.63) is 89.6 Å². The van der Waals surface area contributed by atoms with E-state index in [9.17, 15) is 9.59 Å². The lowest BCUT2D eigenvalue weighted by atomic mass is 10.1. The maximum Gasteiger partial charge on any atom is 0.363 e. The molecule has 2 aliphatic rings. The van der Waals surface area contributed by atoms with Crippen molar-refractivity contribution in [2.75, 3.05) is 11.9 Å². The molecule has 152 valence electrons. The maximum atomic E-state index is 12.3. The number of para-hydroxylation sites is 1. The Labute approximate surface area is 177 Å². The number of fused-ring (bicyclic) bond motifs is 1. The molecule has 1 N–H and O–H groups in total. The highest BCUT2D eigenvalue weighted by Crippen LogP contribution is 2.30. The largest absolute Gasteiger partial charge is 0.482 e. The normalized spacial score (nSPS) is 16.1. The summed E-state index contributed by atoms with van der Waals surface area (Å²) in [5, 5.41) is 2.72. The summed E-state index contributed by atoms with van der Waals surface area (Å²) >= 11 is 0. The summed E-state index contributed by atoms with van der Waals surface area (Å²) in [5.41, 5.74) is 1.99. The first-order chi connectivity index (χ1) is 15.1. The topological polar surface area (TPSA) is 86.2 Å². The van der Waals surface area contributed by atoms with Crippen molar-refractivity contribution in [2.45, 2.75) is 0 Å².